The van der Waals surface area contributed by atoms with Gasteiger partial charge in [-0.05, 0) is 111 Å². The molecule has 0 radical (unpaired) electrons. The van der Waals surface area contributed by atoms with E-state index in [1.165, 1.54) is 13.3 Å². The molecule has 2 N–H and O–H groups in total. The van der Waals surface area contributed by atoms with E-state index in [2.05, 4.69) is 34.6 Å². The molecule has 7 fully saturated rings. The van der Waals surface area contributed by atoms with E-state index in [1.807, 2.05) is 4.90 Å². The number of hydrogen-bond donors (Lipinski definition) is 2. The smallest absolute Gasteiger partial charge is 0.390 e. The van der Waals surface area contributed by atoms with Gasteiger partial charge in [-0.3, -0.25) is 9.69 Å². The fourth-order valence-electron chi connectivity index (χ4n) is 14.0. The summed E-state index contributed by atoms with van der Waals surface area (Å²) in [5, 5.41) is 23.6. The van der Waals surface area contributed by atoms with Crippen molar-refractivity contribution < 1.29 is 47.1 Å². The Hall–Kier alpha value is -0.980. The molecule has 14 atom stereocenters. The molecule has 5 aliphatic carbocycles. The second-order valence-electron chi connectivity index (χ2n) is 19.3. The van der Waals surface area contributed by atoms with Gasteiger partial charge in [-0.25, -0.2) is 0 Å². The summed E-state index contributed by atoms with van der Waals surface area (Å²) in [5.41, 5.74) is -1.53. The van der Waals surface area contributed by atoms with E-state index >= 15 is 0 Å². The number of aliphatic hydroxyl groups is 2. The summed E-state index contributed by atoms with van der Waals surface area (Å²) in [6, 6.07) is 0. The van der Waals surface area contributed by atoms with Crippen LogP contribution in [0, 0.1) is 50.7 Å². The lowest BCUT2D eigenvalue weighted by molar-refractivity contribution is -0.250. The zero-order valence-electron chi connectivity index (χ0n) is 31.5. The molecule has 0 aromatic carbocycles. The highest BCUT2D eigenvalue weighted by Crippen LogP contribution is 2.89. The Balaban J connectivity index is 1.09. The molecule has 11 heteroatoms. The zero-order chi connectivity index (χ0) is 36.4. The summed E-state index contributed by atoms with van der Waals surface area (Å²) in [7, 11) is 0. The number of esters is 1. The van der Waals surface area contributed by atoms with E-state index in [9.17, 15) is 28.2 Å². The first-order chi connectivity index (χ1) is 23.1. The SMILES string of the molecule is CC(=O)O[C@@H]([C@H]1C[C@@H](C)[C@H]2C(O1)[C@H](O)[C@@]1(C)[C@@H]3CC[C@H]4C(C)(C)[C@@H](O[C@H]5CN(CCC(F)(F)F)CCO5)CC[C@@]45C[C@@]35CC[C@]21C)C(C)(C)O. The maximum atomic E-state index is 12.9. The monoisotopic (exact) mass is 713 g/mol. The van der Waals surface area contributed by atoms with Crippen LogP contribution in [0.1, 0.15) is 113 Å². The Morgan fingerprint density at radius 1 is 1.04 bits per heavy atom. The van der Waals surface area contributed by atoms with Crippen molar-refractivity contribution in [3.63, 3.8) is 0 Å². The minimum Gasteiger partial charge on any atom is -0.457 e. The summed E-state index contributed by atoms with van der Waals surface area (Å²) < 4.78 is 63.9. The number of nitrogens with zero attached hydrogens (tertiary/aromatic N) is 1. The van der Waals surface area contributed by atoms with Crippen LogP contribution >= 0.6 is 0 Å². The Morgan fingerprint density at radius 2 is 1.72 bits per heavy atom. The van der Waals surface area contributed by atoms with Gasteiger partial charge >= 0.3 is 12.1 Å². The molecule has 0 aromatic heterocycles. The summed E-state index contributed by atoms with van der Waals surface area (Å²) >= 11 is 0. The summed E-state index contributed by atoms with van der Waals surface area (Å²) in [5.74, 6) is 0.743. The number of carbonyl (C=O) groups excluding carboxylic acids is 1. The van der Waals surface area contributed by atoms with Gasteiger partial charge in [0.25, 0.3) is 0 Å². The predicted molar refractivity (Wildman–Crippen MR) is 180 cm³/mol. The molecule has 2 aliphatic heterocycles. The molecule has 2 saturated heterocycles. The normalized spacial score (nSPS) is 49.1. The first-order valence-electron chi connectivity index (χ1n) is 19.4. The van der Waals surface area contributed by atoms with Crippen LogP contribution in [0.3, 0.4) is 0 Å². The van der Waals surface area contributed by atoms with Crippen LogP contribution in [-0.4, -0.2) is 95.9 Å². The standard InChI is InChI=1S/C39H62F3NO7/c1-22-19-24(32(34(5,6)46)48-23(2)44)49-30-29(22)35(7)13-14-38-21-37(38)12-11-27(50-28-20-43(17-18-47-28)16-15-39(40,41)42)33(3,4)25(37)9-10-26(38)36(35,8)31(30)45/h22,24-32,45-46H,9-21H2,1-8H3/t22-,24-,25+,26+,27+,28+,29+,30?,31+,32+,35-,36-,37-,38+/m1/s1. The fourth-order valence-corrected chi connectivity index (χ4v) is 14.0. The topological polar surface area (TPSA) is 97.7 Å². The lowest BCUT2D eigenvalue weighted by Gasteiger charge is -2.64. The number of rotatable bonds is 7. The van der Waals surface area contributed by atoms with Crippen LogP contribution in [0.5, 0.6) is 0 Å². The van der Waals surface area contributed by atoms with E-state index in [4.69, 9.17) is 18.9 Å². The highest BCUT2D eigenvalue weighted by molar-refractivity contribution is 5.66. The van der Waals surface area contributed by atoms with Crippen molar-refractivity contribution in [2.45, 2.75) is 162 Å². The van der Waals surface area contributed by atoms with Crippen molar-refractivity contribution in [1.29, 1.82) is 0 Å². The second-order valence-corrected chi connectivity index (χ2v) is 19.3. The number of carbonyl (C=O) groups is 1. The van der Waals surface area contributed by atoms with Gasteiger partial charge in [-0.15, -0.1) is 0 Å². The molecule has 2 heterocycles. The molecule has 7 aliphatic rings. The third-order valence-corrected chi connectivity index (χ3v) is 16.2. The van der Waals surface area contributed by atoms with Gasteiger partial charge in [0.2, 0.25) is 0 Å². The van der Waals surface area contributed by atoms with Crippen LogP contribution in [0.25, 0.3) is 0 Å². The molecular formula is C39H62F3NO7. The molecular weight excluding hydrogens is 651 g/mol. The molecule has 286 valence electrons. The maximum Gasteiger partial charge on any atom is 0.390 e. The van der Waals surface area contributed by atoms with Crippen molar-refractivity contribution in [2.75, 3.05) is 26.2 Å². The van der Waals surface area contributed by atoms with E-state index < -0.39 is 54.9 Å². The van der Waals surface area contributed by atoms with Gasteiger partial charge in [0.05, 0.1) is 43.0 Å². The molecule has 0 aromatic rings. The molecule has 0 bridgehead atoms. The van der Waals surface area contributed by atoms with Gasteiger partial charge in [0.1, 0.15) is 0 Å². The number of ether oxygens (including phenoxy) is 4. The van der Waals surface area contributed by atoms with Crippen molar-refractivity contribution >= 4 is 5.97 Å². The Labute approximate surface area is 296 Å². The summed E-state index contributed by atoms with van der Waals surface area (Å²) in [6.45, 7) is 17.5. The van der Waals surface area contributed by atoms with Gasteiger partial charge in [0.15, 0.2) is 12.4 Å². The largest absolute Gasteiger partial charge is 0.457 e. The highest BCUT2D eigenvalue weighted by Gasteiger charge is 2.84. The second kappa shape index (κ2) is 12.0. The first kappa shape index (κ1) is 37.3. The van der Waals surface area contributed by atoms with Gasteiger partial charge in [-0.2, -0.15) is 13.2 Å². The van der Waals surface area contributed by atoms with Gasteiger partial charge in [0, 0.05) is 32.0 Å². The molecule has 1 unspecified atom stereocenters. The Morgan fingerprint density at radius 3 is 2.38 bits per heavy atom. The number of hydrogen-bond acceptors (Lipinski definition) is 8. The average molecular weight is 714 g/mol. The molecule has 8 nitrogen and oxygen atoms in total. The minimum atomic E-state index is -4.17. The molecule has 5 saturated carbocycles. The van der Waals surface area contributed by atoms with E-state index in [1.54, 1.807) is 13.8 Å². The number of morpholine rings is 1. The van der Waals surface area contributed by atoms with Crippen molar-refractivity contribution in [3.8, 4) is 0 Å². The fraction of sp³-hybridized carbons (Fsp3) is 0.974. The summed E-state index contributed by atoms with van der Waals surface area (Å²) in [4.78, 5) is 13.9. The van der Waals surface area contributed by atoms with E-state index in [0.717, 1.165) is 38.5 Å². The lowest BCUT2D eigenvalue weighted by atomic mass is 9.41. The maximum absolute atomic E-state index is 12.9. The highest BCUT2D eigenvalue weighted by atomic mass is 19.4. The lowest BCUT2D eigenvalue weighted by Crippen LogP contribution is -2.60. The van der Waals surface area contributed by atoms with Crippen molar-refractivity contribution in [3.05, 3.63) is 0 Å². The average Bonchev–Trinajstić information content (AvgIpc) is 3.64. The summed E-state index contributed by atoms with van der Waals surface area (Å²) in [6.07, 6.45) is 0.131. The molecule has 50 heavy (non-hydrogen) atoms. The first-order valence-corrected chi connectivity index (χ1v) is 19.4. The number of halogens is 3. The molecule has 7 rings (SSSR count). The molecule has 0 amide bonds. The number of fused-ring (bicyclic) bond motifs is 4. The third kappa shape index (κ3) is 5.46. The Bertz CT molecular complexity index is 1320. The van der Waals surface area contributed by atoms with E-state index in [0.29, 0.717) is 38.0 Å². The van der Waals surface area contributed by atoms with Gasteiger partial charge < -0.3 is 29.2 Å². The van der Waals surface area contributed by atoms with Crippen molar-refractivity contribution in [2.24, 2.45) is 50.7 Å². The predicted octanol–water partition coefficient (Wildman–Crippen LogP) is 6.50. The van der Waals surface area contributed by atoms with E-state index in [-0.39, 0.29) is 51.6 Å². The number of aliphatic hydroxyl groups excluding tert-OH is 1. The van der Waals surface area contributed by atoms with Crippen LogP contribution < -0.4 is 0 Å². The van der Waals surface area contributed by atoms with Crippen LogP contribution in [0.4, 0.5) is 13.2 Å². The van der Waals surface area contributed by atoms with Crippen LogP contribution in [0.15, 0.2) is 0 Å². The third-order valence-electron chi connectivity index (χ3n) is 16.2. The quantitative estimate of drug-likeness (QED) is 0.289. The van der Waals surface area contributed by atoms with Crippen LogP contribution in [-0.2, 0) is 23.7 Å². The molecule has 2 spiro atoms. The Kier molecular flexibility index (Phi) is 8.97. The van der Waals surface area contributed by atoms with Gasteiger partial charge in [-0.1, -0.05) is 34.6 Å². The number of alkyl halides is 3. The van der Waals surface area contributed by atoms with Crippen molar-refractivity contribution in [1.82, 2.24) is 4.90 Å². The minimum absolute atomic E-state index is 0.0294. The van der Waals surface area contributed by atoms with Crippen LogP contribution in [0.2, 0.25) is 0 Å². The zero-order valence-corrected chi connectivity index (χ0v) is 31.5.